The molecule has 2 aromatic rings. The SMILES string of the molecule is CS(=O)(=O)N(c1ccc(NC(=O)c2ccccc2Cl)cc1)C1CC1. The summed E-state index contributed by atoms with van der Waals surface area (Å²) in [6, 6.07) is 13.6. The number of nitrogens with zero attached hydrogens (tertiary/aromatic N) is 1. The topological polar surface area (TPSA) is 66.5 Å². The number of benzene rings is 2. The van der Waals surface area contributed by atoms with E-state index in [9.17, 15) is 13.2 Å². The Hall–Kier alpha value is -2.05. The van der Waals surface area contributed by atoms with Crippen LogP contribution >= 0.6 is 11.6 Å². The van der Waals surface area contributed by atoms with E-state index in [1.807, 2.05) is 0 Å². The maximum absolute atomic E-state index is 12.2. The minimum absolute atomic E-state index is 0.0450. The van der Waals surface area contributed by atoms with Crippen LogP contribution < -0.4 is 9.62 Å². The zero-order chi connectivity index (χ0) is 17.3. The maximum Gasteiger partial charge on any atom is 0.257 e. The van der Waals surface area contributed by atoms with Gasteiger partial charge < -0.3 is 5.32 Å². The molecule has 0 unspecified atom stereocenters. The lowest BCUT2D eigenvalue weighted by Gasteiger charge is -2.22. The number of anilines is 2. The van der Waals surface area contributed by atoms with Crippen molar-refractivity contribution in [1.82, 2.24) is 0 Å². The van der Waals surface area contributed by atoms with E-state index < -0.39 is 10.0 Å². The number of halogens is 1. The van der Waals surface area contributed by atoms with Crippen LogP contribution in [0.25, 0.3) is 0 Å². The fourth-order valence-corrected chi connectivity index (χ4v) is 4.00. The molecule has 24 heavy (non-hydrogen) atoms. The lowest BCUT2D eigenvalue weighted by Crippen LogP contribution is -2.31. The Bertz CT molecular complexity index is 862. The Balaban J connectivity index is 1.77. The van der Waals surface area contributed by atoms with Gasteiger partial charge in [0.15, 0.2) is 0 Å². The van der Waals surface area contributed by atoms with Crippen LogP contribution in [0.1, 0.15) is 23.2 Å². The van der Waals surface area contributed by atoms with Gasteiger partial charge in [-0.3, -0.25) is 9.10 Å². The van der Waals surface area contributed by atoms with E-state index in [2.05, 4.69) is 5.32 Å². The minimum atomic E-state index is -3.31. The molecule has 0 heterocycles. The number of sulfonamides is 1. The zero-order valence-electron chi connectivity index (χ0n) is 13.1. The van der Waals surface area contributed by atoms with Crippen LogP contribution in [0.5, 0.6) is 0 Å². The largest absolute Gasteiger partial charge is 0.322 e. The molecule has 0 atom stereocenters. The third kappa shape index (κ3) is 3.71. The van der Waals surface area contributed by atoms with Gasteiger partial charge >= 0.3 is 0 Å². The Morgan fingerprint density at radius 1 is 1.12 bits per heavy atom. The fourth-order valence-electron chi connectivity index (χ4n) is 2.52. The highest BCUT2D eigenvalue weighted by molar-refractivity contribution is 7.92. The Morgan fingerprint density at radius 2 is 1.75 bits per heavy atom. The van der Waals surface area contributed by atoms with Gasteiger partial charge in [0.05, 0.1) is 22.5 Å². The first-order chi connectivity index (χ1) is 11.4. The van der Waals surface area contributed by atoms with Crippen LogP contribution in [0.2, 0.25) is 5.02 Å². The number of carbonyl (C=O) groups excluding carboxylic acids is 1. The number of amides is 1. The lowest BCUT2D eigenvalue weighted by atomic mass is 10.2. The van der Waals surface area contributed by atoms with Gasteiger partial charge in [-0.25, -0.2) is 8.42 Å². The molecule has 0 bridgehead atoms. The average Bonchev–Trinajstić information content (AvgIpc) is 3.33. The third-order valence-corrected chi connectivity index (χ3v) is 5.29. The molecule has 0 aromatic heterocycles. The van der Waals surface area contributed by atoms with E-state index in [0.29, 0.717) is 22.0 Å². The van der Waals surface area contributed by atoms with Crippen LogP contribution in [-0.4, -0.2) is 26.6 Å². The maximum atomic E-state index is 12.2. The summed E-state index contributed by atoms with van der Waals surface area (Å²) in [4.78, 5) is 12.2. The fraction of sp³-hybridized carbons (Fsp3) is 0.235. The van der Waals surface area contributed by atoms with Crippen molar-refractivity contribution in [1.29, 1.82) is 0 Å². The molecular formula is C17H17ClN2O3S. The van der Waals surface area contributed by atoms with Gasteiger partial charge in [-0.05, 0) is 49.2 Å². The van der Waals surface area contributed by atoms with E-state index >= 15 is 0 Å². The zero-order valence-corrected chi connectivity index (χ0v) is 14.6. The average molecular weight is 365 g/mol. The molecular weight excluding hydrogens is 348 g/mol. The highest BCUT2D eigenvalue weighted by atomic mass is 35.5. The van der Waals surface area contributed by atoms with Crippen molar-refractivity contribution < 1.29 is 13.2 Å². The Kier molecular flexibility index (Phi) is 4.51. The Labute approximate surface area is 146 Å². The smallest absolute Gasteiger partial charge is 0.257 e. The van der Waals surface area contributed by atoms with Crippen molar-refractivity contribution in [3.63, 3.8) is 0 Å². The number of nitrogens with one attached hydrogen (secondary N) is 1. The molecule has 1 amide bonds. The number of carbonyl (C=O) groups is 1. The minimum Gasteiger partial charge on any atom is -0.322 e. The standard InChI is InChI=1S/C17H17ClN2O3S/c1-24(22,23)20(14-10-11-14)13-8-6-12(7-9-13)19-17(21)15-4-2-3-5-16(15)18/h2-9,14H,10-11H2,1H3,(H,19,21). The summed E-state index contributed by atoms with van der Waals surface area (Å²) in [6.07, 6.45) is 2.95. The van der Waals surface area contributed by atoms with E-state index in [1.54, 1.807) is 48.5 Å². The Morgan fingerprint density at radius 3 is 2.29 bits per heavy atom. The van der Waals surface area contributed by atoms with Crippen molar-refractivity contribution in [3.8, 4) is 0 Å². The van der Waals surface area contributed by atoms with E-state index in [0.717, 1.165) is 12.8 Å². The van der Waals surface area contributed by atoms with E-state index in [4.69, 9.17) is 11.6 Å². The van der Waals surface area contributed by atoms with Gasteiger partial charge in [0, 0.05) is 11.7 Å². The second kappa shape index (κ2) is 6.45. The van der Waals surface area contributed by atoms with E-state index in [1.165, 1.54) is 10.6 Å². The van der Waals surface area contributed by atoms with Crippen molar-refractivity contribution in [3.05, 3.63) is 59.1 Å². The summed E-state index contributed by atoms with van der Waals surface area (Å²) in [5, 5.41) is 3.14. The first kappa shape index (κ1) is 16.8. The predicted octanol–water partition coefficient (Wildman–Crippen LogP) is 3.52. The number of rotatable bonds is 5. The summed E-state index contributed by atoms with van der Waals surface area (Å²) < 4.78 is 25.3. The highest BCUT2D eigenvalue weighted by Gasteiger charge is 2.35. The molecule has 2 aromatic carbocycles. The van der Waals surface area contributed by atoms with Crippen LogP contribution in [0.4, 0.5) is 11.4 Å². The van der Waals surface area contributed by atoms with Gasteiger partial charge in [-0.15, -0.1) is 0 Å². The van der Waals surface area contributed by atoms with Crippen molar-refractivity contribution >= 4 is 38.9 Å². The second-order valence-electron chi connectivity index (χ2n) is 5.77. The normalized spacial score (nSPS) is 14.2. The van der Waals surface area contributed by atoms with Crippen LogP contribution in [0.3, 0.4) is 0 Å². The van der Waals surface area contributed by atoms with Crippen molar-refractivity contribution in [2.24, 2.45) is 0 Å². The van der Waals surface area contributed by atoms with Crippen molar-refractivity contribution in [2.45, 2.75) is 18.9 Å². The first-order valence-corrected chi connectivity index (χ1v) is 9.74. The quantitative estimate of drug-likeness (QED) is 0.882. The highest BCUT2D eigenvalue weighted by Crippen LogP contribution is 2.34. The van der Waals surface area contributed by atoms with Gasteiger partial charge in [-0.1, -0.05) is 23.7 Å². The monoisotopic (exact) mass is 364 g/mol. The number of hydrogen-bond acceptors (Lipinski definition) is 3. The van der Waals surface area contributed by atoms with Gasteiger partial charge in [0.1, 0.15) is 0 Å². The van der Waals surface area contributed by atoms with Crippen LogP contribution in [0, 0.1) is 0 Å². The summed E-state index contributed by atoms with van der Waals surface area (Å²) in [5.74, 6) is -0.310. The summed E-state index contributed by atoms with van der Waals surface area (Å²) in [6.45, 7) is 0. The molecule has 3 rings (SSSR count). The molecule has 1 N–H and O–H groups in total. The summed E-state index contributed by atoms with van der Waals surface area (Å²) in [5.41, 5.74) is 1.57. The molecule has 0 saturated heterocycles. The molecule has 1 aliphatic rings. The molecule has 7 heteroatoms. The van der Waals surface area contributed by atoms with Crippen LogP contribution in [-0.2, 0) is 10.0 Å². The molecule has 126 valence electrons. The van der Waals surface area contributed by atoms with E-state index in [-0.39, 0.29) is 11.9 Å². The van der Waals surface area contributed by atoms with Gasteiger partial charge in [0.25, 0.3) is 5.91 Å². The lowest BCUT2D eigenvalue weighted by molar-refractivity contribution is 0.102. The van der Waals surface area contributed by atoms with Gasteiger partial charge in [-0.2, -0.15) is 0 Å². The molecule has 0 aliphatic heterocycles. The third-order valence-electron chi connectivity index (χ3n) is 3.73. The van der Waals surface area contributed by atoms with Crippen molar-refractivity contribution in [2.75, 3.05) is 15.9 Å². The molecule has 5 nitrogen and oxygen atoms in total. The molecule has 1 saturated carbocycles. The van der Waals surface area contributed by atoms with Crippen LogP contribution in [0.15, 0.2) is 48.5 Å². The molecule has 1 aliphatic carbocycles. The predicted molar refractivity (Wildman–Crippen MR) is 96.2 cm³/mol. The molecule has 0 spiro atoms. The first-order valence-electron chi connectivity index (χ1n) is 7.51. The van der Waals surface area contributed by atoms with Gasteiger partial charge in [0.2, 0.25) is 10.0 Å². The number of hydrogen-bond donors (Lipinski definition) is 1. The molecule has 1 fully saturated rings. The summed E-state index contributed by atoms with van der Waals surface area (Å²) >= 11 is 6.01. The second-order valence-corrected chi connectivity index (χ2v) is 8.04. The summed E-state index contributed by atoms with van der Waals surface area (Å²) in [7, 11) is -3.31. The molecule has 0 radical (unpaired) electrons.